The summed E-state index contributed by atoms with van der Waals surface area (Å²) in [5.74, 6) is 0.0398. The van der Waals surface area contributed by atoms with E-state index in [1.165, 1.54) is 0 Å². The topological polar surface area (TPSA) is 58.9 Å². The summed E-state index contributed by atoms with van der Waals surface area (Å²) in [6.45, 7) is 2.55. The summed E-state index contributed by atoms with van der Waals surface area (Å²) >= 11 is 0. The van der Waals surface area contributed by atoms with E-state index in [0.717, 1.165) is 25.7 Å². The summed E-state index contributed by atoms with van der Waals surface area (Å²) in [4.78, 5) is 0. The highest BCUT2D eigenvalue weighted by Gasteiger charge is 2.42. The Kier molecular flexibility index (Phi) is 3.61. The molecular formula is C11H20O4. The van der Waals surface area contributed by atoms with Crippen molar-refractivity contribution in [1.82, 2.24) is 0 Å². The lowest BCUT2D eigenvalue weighted by atomic mass is 9.85. The number of aliphatic hydroxyl groups is 2. The van der Waals surface area contributed by atoms with Crippen LogP contribution in [0.4, 0.5) is 0 Å². The molecule has 3 rings (SSSR count). The van der Waals surface area contributed by atoms with Crippen molar-refractivity contribution in [3.05, 3.63) is 0 Å². The largest absolute Gasteiger partial charge is 0.390 e. The molecule has 88 valence electrons. The molecule has 2 unspecified atom stereocenters. The zero-order valence-electron chi connectivity index (χ0n) is 9.13. The van der Waals surface area contributed by atoms with E-state index in [2.05, 4.69) is 0 Å². The maximum absolute atomic E-state index is 9.95. The molecule has 0 saturated carbocycles. The van der Waals surface area contributed by atoms with Gasteiger partial charge in [-0.2, -0.15) is 0 Å². The molecule has 3 saturated heterocycles. The van der Waals surface area contributed by atoms with E-state index in [0.29, 0.717) is 6.61 Å². The second-order valence-corrected chi connectivity index (χ2v) is 4.57. The Hall–Kier alpha value is -0.160. The molecule has 3 aliphatic heterocycles. The van der Waals surface area contributed by atoms with Gasteiger partial charge in [0.05, 0.1) is 12.2 Å². The van der Waals surface area contributed by atoms with Crippen molar-refractivity contribution in [2.24, 2.45) is 5.92 Å². The van der Waals surface area contributed by atoms with E-state index >= 15 is 0 Å². The van der Waals surface area contributed by atoms with Crippen LogP contribution in [0.2, 0.25) is 0 Å². The summed E-state index contributed by atoms with van der Waals surface area (Å²) < 4.78 is 11.0. The molecule has 15 heavy (non-hydrogen) atoms. The first kappa shape index (κ1) is 11.3. The van der Waals surface area contributed by atoms with Gasteiger partial charge in [-0.05, 0) is 19.8 Å². The number of hydrogen-bond acceptors (Lipinski definition) is 4. The third-order valence-corrected chi connectivity index (χ3v) is 3.48. The first-order chi connectivity index (χ1) is 7.20. The average Bonchev–Trinajstić information content (AvgIpc) is 2.23. The van der Waals surface area contributed by atoms with Gasteiger partial charge in [0.15, 0.2) is 6.29 Å². The number of aliphatic hydroxyl groups excluding tert-OH is 2. The third kappa shape index (κ3) is 2.33. The highest BCUT2D eigenvalue weighted by molar-refractivity contribution is 4.87. The first-order valence-electron chi connectivity index (χ1n) is 5.83. The lowest BCUT2D eigenvalue weighted by molar-refractivity contribution is -0.285. The zero-order chi connectivity index (χ0) is 10.8. The number of ether oxygens (including phenoxy) is 2. The van der Waals surface area contributed by atoms with Gasteiger partial charge in [-0.3, -0.25) is 0 Å². The fourth-order valence-electron chi connectivity index (χ4n) is 2.49. The average molecular weight is 216 g/mol. The Bertz CT molecular complexity index is 207. The molecule has 3 aliphatic rings. The second kappa shape index (κ2) is 4.78. The molecule has 2 N–H and O–H groups in total. The highest BCUT2D eigenvalue weighted by atomic mass is 16.7. The summed E-state index contributed by atoms with van der Waals surface area (Å²) in [7, 11) is 0. The second-order valence-electron chi connectivity index (χ2n) is 4.57. The minimum absolute atomic E-state index is 0.0356. The van der Waals surface area contributed by atoms with E-state index in [-0.39, 0.29) is 12.0 Å². The van der Waals surface area contributed by atoms with Crippen LogP contribution in [0.15, 0.2) is 0 Å². The van der Waals surface area contributed by atoms with Crippen molar-refractivity contribution in [2.45, 2.75) is 57.2 Å². The Balaban J connectivity index is 2.10. The maximum atomic E-state index is 9.95. The van der Waals surface area contributed by atoms with Gasteiger partial charge in [0, 0.05) is 12.5 Å². The molecule has 0 spiro atoms. The summed E-state index contributed by atoms with van der Waals surface area (Å²) in [6, 6.07) is 0. The van der Waals surface area contributed by atoms with Crippen LogP contribution in [0.1, 0.15) is 32.6 Å². The predicted octanol–water partition coefficient (Wildman–Crippen LogP) is 0.660. The van der Waals surface area contributed by atoms with Crippen LogP contribution in [0.25, 0.3) is 0 Å². The predicted molar refractivity (Wildman–Crippen MR) is 54.3 cm³/mol. The quantitative estimate of drug-likeness (QED) is 0.624. The van der Waals surface area contributed by atoms with E-state index < -0.39 is 18.5 Å². The van der Waals surface area contributed by atoms with Crippen LogP contribution < -0.4 is 0 Å². The number of fused-ring (bicyclic) bond motifs is 7. The fraction of sp³-hybridized carbons (Fsp3) is 1.00. The van der Waals surface area contributed by atoms with Crippen LogP contribution in [-0.4, -0.2) is 41.4 Å². The van der Waals surface area contributed by atoms with Crippen LogP contribution >= 0.6 is 0 Å². The van der Waals surface area contributed by atoms with Crippen LogP contribution in [-0.2, 0) is 9.47 Å². The minimum atomic E-state index is -0.899. The molecule has 2 bridgehead atoms. The molecule has 0 aromatic rings. The summed E-state index contributed by atoms with van der Waals surface area (Å²) in [6.07, 6.45) is 1.82. The highest BCUT2D eigenvalue weighted by Crippen LogP contribution is 2.31. The Morgan fingerprint density at radius 2 is 1.87 bits per heavy atom. The van der Waals surface area contributed by atoms with E-state index in [1.54, 1.807) is 0 Å². The van der Waals surface area contributed by atoms with Crippen molar-refractivity contribution in [3.63, 3.8) is 0 Å². The van der Waals surface area contributed by atoms with Gasteiger partial charge in [-0.1, -0.05) is 12.8 Å². The van der Waals surface area contributed by atoms with Crippen LogP contribution in [0, 0.1) is 5.92 Å². The smallest absolute Gasteiger partial charge is 0.186 e. The van der Waals surface area contributed by atoms with Crippen molar-refractivity contribution in [2.75, 3.05) is 6.61 Å². The third-order valence-electron chi connectivity index (χ3n) is 3.48. The minimum Gasteiger partial charge on any atom is -0.390 e. The Labute approximate surface area is 90.2 Å². The molecule has 5 atom stereocenters. The molecule has 0 amide bonds. The van der Waals surface area contributed by atoms with Gasteiger partial charge in [-0.25, -0.2) is 0 Å². The van der Waals surface area contributed by atoms with Crippen LogP contribution in [0.3, 0.4) is 0 Å². The van der Waals surface area contributed by atoms with Crippen molar-refractivity contribution in [3.8, 4) is 0 Å². The van der Waals surface area contributed by atoms with Gasteiger partial charge in [0.2, 0.25) is 0 Å². The first-order valence-corrected chi connectivity index (χ1v) is 5.83. The molecule has 4 nitrogen and oxygen atoms in total. The maximum Gasteiger partial charge on any atom is 0.186 e. The molecule has 4 heteroatoms. The zero-order valence-corrected chi connectivity index (χ0v) is 9.13. The molecule has 3 heterocycles. The van der Waals surface area contributed by atoms with Gasteiger partial charge in [0.1, 0.15) is 6.10 Å². The van der Waals surface area contributed by atoms with Gasteiger partial charge < -0.3 is 19.7 Å². The number of hydrogen-bond donors (Lipinski definition) is 2. The fourth-order valence-corrected chi connectivity index (χ4v) is 2.49. The number of rotatable bonds is 0. The lowest BCUT2D eigenvalue weighted by Gasteiger charge is -2.42. The van der Waals surface area contributed by atoms with E-state index in [9.17, 15) is 10.2 Å². The lowest BCUT2D eigenvalue weighted by Crippen LogP contribution is -2.54. The van der Waals surface area contributed by atoms with Gasteiger partial charge >= 0.3 is 0 Å². The van der Waals surface area contributed by atoms with Crippen molar-refractivity contribution >= 4 is 0 Å². The summed E-state index contributed by atoms with van der Waals surface area (Å²) in [5.41, 5.74) is 0. The standard InChI is InChI=1S/C11H20O4/c1-7-8-5-3-2-4-6-14-11(15-7)10(13)9(8)12/h7-13H,2-6H2,1H3/t7?,8?,9-,10+,11+/m1/s1. The Morgan fingerprint density at radius 3 is 2.67 bits per heavy atom. The normalized spacial score (nSPS) is 47.8. The van der Waals surface area contributed by atoms with E-state index in [1.807, 2.05) is 6.92 Å². The van der Waals surface area contributed by atoms with Crippen molar-refractivity contribution in [1.29, 1.82) is 0 Å². The summed E-state index contributed by atoms with van der Waals surface area (Å²) in [5, 5.41) is 19.8. The van der Waals surface area contributed by atoms with Gasteiger partial charge in [0.25, 0.3) is 0 Å². The SMILES string of the molecule is CC1O[C@@H]2OCCCCCC1[C@@H](O)[C@@H]2O. The molecular weight excluding hydrogens is 196 g/mol. The van der Waals surface area contributed by atoms with E-state index in [4.69, 9.17) is 9.47 Å². The van der Waals surface area contributed by atoms with Crippen molar-refractivity contribution < 1.29 is 19.7 Å². The molecule has 0 radical (unpaired) electrons. The molecule has 0 aromatic carbocycles. The van der Waals surface area contributed by atoms with Crippen LogP contribution in [0.5, 0.6) is 0 Å². The molecule has 0 aromatic heterocycles. The monoisotopic (exact) mass is 216 g/mol. The van der Waals surface area contributed by atoms with Gasteiger partial charge in [-0.15, -0.1) is 0 Å². The Morgan fingerprint density at radius 1 is 1.07 bits per heavy atom. The molecule has 0 aliphatic carbocycles. The molecule has 3 fully saturated rings.